The van der Waals surface area contributed by atoms with Crippen LogP contribution in [-0.4, -0.2) is 76.5 Å². The molecule has 0 spiro atoms. The SMILES string of the molecule is COc1cc(N2CCOCC2)c(-c2cnn(C)c2)cc1Nc1ncc(Br)c(Nc2ccc3nccnc3c2P(C)(C)=O)n1. The molecule has 1 aliphatic rings. The van der Waals surface area contributed by atoms with Gasteiger partial charge < -0.3 is 29.6 Å². The quantitative estimate of drug-likeness (QED) is 0.213. The first-order valence-corrected chi connectivity index (χ1v) is 17.0. The molecule has 12 nitrogen and oxygen atoms in total. The van der Waals surface area contributed by atoms with E-state index in [2.05, 4.69) is 51.5 Å². The summed E-state index contributed by atoms with van der Waals surface area (Å²) < 4.78 is 27.2. The zero-order chi connectivity index (χ0) is 30.1. The fourth-order valence-corrected chi connectivity index (χ4v) is 6.81. The molecule has 0 unspecified atom stereocenters. The molecule has 6 rings (SSSR count). The Morgan fingerprint density at radius 3 is 2.53 bits per heavy atom. The lowest BCUT2D eigenvalue weighted by Crippen LogP contribution is -2.36. The standard InChI is InChI=1S/C29H31BrN9O3P/c1-38-17-18(15-34-38)19-13-23(25(41-2)14-24(19)39-9-11-42-12-10-39)36-29-33-16-20(30)28(37-29)35-22-6-5-21-26(32-8-7-31-21)27(22)43(3,4)40/h5-8,13-17H,9-12H2,1-4H3,(H2,33,35,36,37). The number of methoxy groups -OCH3 is 1. The molecule has 1 aliphatic heterocycles. The Morgan fingerprint density at radius 2 is 1.81 bits per heavy atom. The highest BCUT2D eigenvalue weighted by molar-refractivity contribution is 9.10. The smallest absolute Gasteiger partial charge is 0.229 e. The van der Waals surface area contributed by atoms with Gasteiger partial charge in [0.2, 0.25) is 5.95 Å². The zero-order valence-electron chi connectivity index (χ0n) is 24.2. The van der Waals surface area contributed by atoms with Crippen LogP contribution >= 0.6 is 23.1 Å². The number of aryl methyl sites for hydroxylation is 1. The lowest BCUT2D eigenvalue weighted by molar-refractivity contribution is 0.122. The summed E-state index contributed by atoms with van der Waals surface area (Å²) in [4.78, 5) is 20.4. The van der Waals surface area contributed by atoms with E-state index in [0.29, 0.717) is 62.9 Å². The van der Waals surface area contributed by atoms with Gasteiger partial charge in [0, 0.05) is 67.8 Å². The molecule has 0 radical (unpaired) electrons. The minimum atomic E-state index is -2.75. The minimum Gasteiger partial charge on any atom is -0.494 e. The Labute approximate surface area is 257 Å². The number of aromatic nitrogens is 6. The van der Waals surface area contributed by atoms with Crippen molar-refractivity contribution in [3.05, 3.63) is 59.7 Å². The van der Waals surface area contributed by atoms with Crippen LogP contribution in [0.4, 0.5) is 28.8 Å². The maximum absolute atomic E-state index is 13.4. The first kappa shape index (κ1) is 29.0. The molecule has 4 heterocycles. The van der Waals surface area contributed by atoms with Gasteiger partial charge in [-0.3, -0.25) is 14.6 Å². The van der Waals surface area contributed by atoms with E-state index in [0.717, 1.165) is 29.9 Å². The number of morpholine rings is 1. The van der Waals surface area contributed by atoms with Crippen LogP contribution in [0.3, 0.4) is 0 Å². The maximum atomic E-state index is 13.4. The van der Waals surface area contributed by atoms with E-state index in [9.17, 15) is 4.57 Å². The van der Waals surface area contributed by atoms with Gasteiger partial charge in [0.05, 0.1) is 53.2 Å². The van der Waals surface area contributed by atoms with Crippen LogP contribution in [0.5, 0.6) is 5.75 Å². The molecule has 2 N–H and O–H groups in total. The van der Waals surface area contributed by atoms with E-state index >= 15 is 0 Å². The van der Waals surface area contributed by atoms with Crippen molar-refractivity contribution in [2.24, 2.45) is 7.05 Å². The molecular weight excluding hydrogens is 633 g/mol. The van der Waals surface area contributed by atoms with Crippen LogP contribution in [0.15, 0.2) is 59.7 Å². The van der Waals surface area contributed by atoms with Gasteiger partial charge in [0.15, 0.2) is 0 Å². The van der Waals surface area contributed by atoms with Gasteiger partial charge in [-0.2, -0.15) is 10.1 Å². The molecule has 0 bridgehead atoms. The minimum absolute atomic E-state index is 0.346. The van der Waals surface area contributed by atoms with Crippen LogP contribution in [0, 0.1) is 0 Å². The van der Waals surface area contributed by atoms with Crippen LogP contribution in [0.25, 0.3) is 22.2 Å². The average molecular weight is 665 g/mol. The molecule has 0 saturated carbocycles. The average Bonchev–Trinajstić information content (AvgIpc) is 3.44. The van der Waals surface area contributed by atoms with Gasteiger partial charge >= 0.3 is 0 Å². The fraction of sp³-hybridized carbons (Fsp3) is 0.276. The van der Waals surface area contributed by atoms with Crippen molar-refractivity contribution < 1.29 is 14.0 Å². The first-order chi connectivity index (χ1) is 20.7. The molecule has 43 heavy (non-hydrogen) atoms. The zero-order valence-corrected chi connectivity index (χ0v) is 26.7. The Balaban J connectivity index is 1.38. The predicted octanol–water partition coefficient (Wildman–Crippen LogP) is 5.16. The van der Waals surface area contributed by atoms with Crippen molar-refractivity contribution in [3.8, 4) is 16.9 Å². The highest BCUT2D eigenvalue weighted by Gasteiger charge is 2.23. The number of nitrogens with zero attached hydrogens (tertiary/aromatic N) is 7. The van der Waals surface area contributed by atoms with Crippen LogP contribution < -0.4 is 25.6 Å². The summed E-state index contributed by atoms with van der Waals surface area (Å²) in [7, 11) is 0.782. The van der Waals surface area contributed by atoms with Gasteiger partial charge in [-0.05, 0) is 47.5 Å². The van der Waals surface area contributed by atoms with Crippen LogP contribution in [0.1, 0.15) is 0 Å². The number of hydrogen-bond donors (Lipinski definition) is 2. The molecule has 0 atom stereocenters. The second-order valence-corrected chi connectivity index (χ2v) is 14.5. The molecule has 1 saturated heterocycles. The van der Waals surface area contributed by atoms with Crippen molar-refractivity contribution >= 4 is 68.2 Å². The molecule has 5 aromatic rings. The Morgan fingerprint density at radius 1 is 1.02 bits per heavy atom. The third-order valence-electron chi connectivity index (χ3n) is 7.08. The predicted molar refractivity (Wildman–Crippen MR) is 173 cm³/mol. The summed E-state index contributed by atoms with van der Waals surface area (Å²) in [5.74, 6) is 1.48. The molecule has 14 heteroatoms. The van der Waals surface area contributed by atoms with E-state index in [1.807, 2.05) is 43.7 Å². The Hall–Kier alpha value is -4.06. The summed E-state index contributed by atoms with van der Waals surface area (Å²) in [5.41, 5.74) is 5.61. The third kappa shape index (κ3) is 6.06. The number of benzene rings is 2. The maximum Gasteiger partial charge on any atom is 0.229 e. The summed E-state index contributed by atoms with van der Waals surface area (Å²) in [5, 5.41) is 11.7. The highest BCUT2D eigenvalue weighted by atomic mass is 79.9. The Bertz CT molecular complexity index is 1850. The molecule has 3 aromatic heterocycles. The van der Waals surface area contributed by atoms with Gasteiger partial charge in [0.1, 0.15) is 24.2 Å². The molecule has 0 amide bonds. The second kappa shape index (κ2) is 11.9. The Kier molecular flexibility index (Phi) is 8.04. The first-order valence-electron chi connectivity index (χ1n) is 13.6. The van der Waals surface area contributed by atoms with Crippen molar-refractivity contribution in [2.75, 3.05) is 62.3 Å². The lowest BCUT2D eigenvalue weighted by Gasteiger charge is -2.31. The lowest BCUT2D eigenvalue weighted by atomic mass is 10.0. The van der Waals surface area contributed by atoms with Gasteiger partial charge in [0.25, 0.3) is 0 Å². The van der Waals surface area contributed by atoms with Gasteiger partial charge in [-0.15, -0.1) is 0 Å². The van der Waals surface area contributed by atoms with E-state index in [-0.39, 0.29) is 0 Å². The van der Waals surface area contributed by atoms with Crippen molar-refractivity contribution in [1.82, 2.24) is 29.7 Å². The summed E-state index contributed by atoms with van der Waals surface area (Å²) in [6.45, 7) is 6.31. The molecule has 2 aromatic carbocycles. The van der Waals surface area contributed by atoms with Crippen LogP contribution in [0.2, 0.25) is 0 Å². The number of nitrogens with one attached hydrogen (secondary N) is 2. The van der Waals surface area contributed by atoms with E-state index in [4.69, 9.17) is 14.5 Å². The van der Waals surface area contributed by atoms with Gasteiger partial charge in [-0.1, -0.05) is 0 Å². The normalized spacial score (nSPS) is 13.7. The number of hydrogen-bond acceptors (Lipinski definition) is 11. The summed E-state index contributed by atoms with van der Waals surface area (Å²) >= 11 is 3.56. The van der Waals surface area contributed by atoms with Gasteiger partial charge in [-0.25, -0.2) is 4.98 Å². The van der Waals surface area contributed by atoms with Crippen LogP contribution in [-0.2, 0) is 16.3 Å². The number of anilines is 5. The molecule has 1 fully saturated rings. The number of ether oxygens (including phenoxy) is 2. The second-order valence-electron chi connectivity index (χ2n) is 10.4. The van der Waals surface area contributed by atoms with E-state index in [1.54, 1.807) is 43.7 Å². The third-order valence-corrected chi connectivity index (χ3v) is 9.19. The van der Waals surface area contributed by atoms with E-state index in [1.165, 1.54) is 0 Å². The monoisotopic (exact) mass is 663 g/mol. The molecule has 222 valence electrons. The van der Waals surface area contributed by atoms with Crippen molar-refractivity contribution in [3.63, 3.8) is 0 Å². The largest absolute Gasteiger partial charge is 0.494 e. The summed E-state index contributed by atoms with van der Waals surface area (Å²) in [6.07, 6.45) is 8.71. The number of fused-ring (bicyclic) bond motifs is 1. The fourth-order valence-electron chi connectivity index (χ4n) is 5.12. The molecular formula is C29H31BrN9O3P. The summed E-state index contributed by atoms with van der Waals surface area (Å²) in [6, 6.07) is 7.75. The van der Waals surface area contributed by atoms with Crippen molar-refractivity contribution in [1.29, 1.82) is 0 Å². The molecule has 0 aliphatic carbocycles. The van der Waals surface area contributed by atoms with Crippen molar-refractivity contribution in [2.45, 2.75) is 0 Å². The number of halogens is 1. The highest BCUT2D eigenvalue weighted by Crippen LogP contribution is 2.42. The number of rotatable bonds is 8. The topological polar surface area (TPSA) is 132 Å². The van der Waals surface area contributed by atoms with E-state index < -0.39 is 7.14 Å².